The average molecular weight is 772 g/mol. The summed E-state index contributed by atoms with van der Waals surface area (Å²) < 4.78 is 10.8. The van der Waals surface area contributed by atoms with Gasteiger partial charge in [-0.15, -0.1) is 11.3 Å². The Morgan fingerprint density at radius 3 is 2.07 bits per heavy atom. The first kappa shape index (κ1) is 42.6. The van der Waals surface area contributed by atoms with Crippen molar-refractivity contribution in [2.24, 2.45) is 0 Å². The molecule has 0 radical (unpaired) electrons. The van der Waals surface area contributed by atoms with Crippen LogP contribution in [0.1, 0.15) is 86.3 Å². The maximum absolute atomic E-state index is 13.7. The number of nitrogens with one attached hydrogen (secondary N) is 3. The molecule has 0 bridgehead atoms. The minimum Gasteiger partial charge on any atom is -0.494 e. The highest BCUT2D eigenvalue weighted by Gasteiger charge is 2.29. The number of nitrogens with zero attached hydrogens (tertiary/aromatic N) is 2. The topological polar surface area (TPSA) is 169 Å². The summed E-state index contributed by atoms with van der Waals surface area (Å²) in [6.07, 6.45) is 8.91. The third kappa shape index (κ3) is 13.6. The van der Waals surface area contributed by atoms with Gasteiger partial charge < -0.3 is 30.5 Å². The predicted octanol–water partition coefficient (Wildman–Crippen LogP) is 6.58. The molecule has 0 aliphatic carbocycles. The number of benzene rings is 2. The molecule has 0 saturated carbocycles. The summed E-state index contributed by atoms with van der Waals surface area (Å²) in [5.74, 6) is -1.73. The zero-order chi connectivity index (χ0) is 39.8. The number of aromatic nitrogens is 2. The number of carbonyl (C=O) groups excluding carboxylic acids is 3. The fraction of sp³-hybridized carbons (Fsp3) is 0.429. The lowest BCUT2D eigenvalue weighted by atomic mass is 9.95. The number of rotatable bonds is 21. The zero-order valence-electron chi connectivity index (χ0n) is 32.4. The second kappa shape index (κ2) is 21.1. The Morgan fingerprint density at radius 1 is 0.782 bits per heavy atom. The molecule has 13 heteroatoms. The van der Waals surface area contributed by atoms with Crippen LogP contribution in [0.2, 0.25) is 0 Å². The first-order valence-corrected chi connectivity index (χ1v) is 19.5. The molecule has 0 aliphatic heterocycles. The number of ether oxygens (including phenoxy) is 2. The second-order valence-electron chi connectivity index (χ2n) is 14.4. The Bertz CT molecular complexity index is 1840. The van der Waals surface area contributed by atoms with Crippen LogP contribution in [-0.2, 0) is 31.0 Å². The number of aliphatic carboxylic acids is 1. The van der Waals surface area contributed by atoms with Gasteiger partial charge in [0.25, 0.3) is 5.91 Å². The highest BCUT2D eigenvalue weighted by molar-refractivity contribution is 7.14. The molecule has 12 nitrogen and oxygen atoms in total. The monoisotopic (exact) mass is 771 g/mol. The summed E-state index contributed by atoms with van der Waals surface area (Å²) in [6.45, 7) is 9.40. The van der Waals surface area contributed by atoms with E-state index in [0.717, 1.165) is 33.7 Å². The number of hydrogen-bond acceptors (Lipinski definition) is 9. The molecule has 2 aromatic carbocycles. The van der Waals surface area contributed by atoms with E-state index in [4.69, 9.17) is 9.47 Å². The van der Waals surface area contributed by atoms with Crippen molar-refractivity contribution in [2.45, 2.75) is 90.1 Å². The van der Waals surface area contributed by atoms with Gasteiger partial charge in [-0.2, -0.15) is 0 Å². The van der Waals surface area contributed by atoms with Crippen molar-refractivity contribution in [3.8, 4) is 28.3 Å². The van der Waals surface area contributed by atoms with Crippen LogP contribution in [0.15, 0.2) is 73.1 Å². The van der Waals surface area contributed by atoms with Gasteiger partial charge in [0.2, 0.25) is 11.8 Å². The van der Waals surface area contributed by atoms with Gasteiger partial charge in [-0.1, -0.05) is 89.8 Å². The Balaban J connectivity index is 1.45. The third-order valence-electron chi connectivity index (χ3n) is 8.82. The summed E-state index contributed by atoms with van der Waals surface area (Å²) in [7, 11) is 1.47. The van der Waals surface area contributed by atoms with E-state index in [9.17, 15) is 24.3 Å². The van der Waals surface area contributed by atoms with E-state index < -0.39 is 42.2 Å². The summed E-state index contributed by atoms with van der Waals surface area (Å²) in [5, 5.41) is 17.4. The largest absolute Gasteiger partial charge is 0.494 e. The lowest BCUT2D eigenvalue weighted by Gasteiger charge is -2.22. The minimum atomic E-state index is -1.37. The molecular weight excluding hydrogens is 719 g/mol. The van der Waals surface area contributed by atoms with Gasteiger partial charge in [0.1, 0.15) is 17.8 Å². The fourth-order valence-corrected chi connectivity index (χ4v) is 6.62. The van der Waals surface area contributed by atoms with Crippen LogP contribution in [0, 0.1) is 0 Å². The highest BCUT2D eigenvalue weighted by Crippen LogP contribution is 2.29. The molecular formula is C42H53N5O7S. The van der Waals surface area contributed by atoms with E-state index in [1.165, 1.54) is 44.1 Å². The van der Waals surface area contributed by atoms with Gasteiger partial charge in [0, 0.05) is 48.5 Å². The fourth-order valence-electron chi connectivity index (χ4n) is 5.65. The van der Waals surface area contributed by atoms with Crippen LogP contribution in [0.4, 0.5) is 0 Å². The molecule has 294 valence electrons. The smallest absolute Gasteiger partial charge is 0.305 e. The molecule has 0 fully saturated rings. The number of carbonyl (C=O) groups is 4. The number of methoxy groups -OCH3 is 1. The van der Waals surface area contributed by atoms with Gasteiger partial charge in [-0.3, -0.25) is 19.2 Å². The molecule has 2 aromatic heterocycles. The molecule has 55 heavy (non-hydrogen) atoms. The molecule has 2 heterocycles. The molecule has 0 unspecified atom stereocenters. The number of unbranched alkanes of at least 4 members (excludes halogenated alkanes) is 4. The normalized spacial score (nSPS) is 12.4. The molecule has 2 atom stereocenters. The van der Waals surface area contributed by atoms with Crippen LogP contribution < -0.4 is 20.7 Å². The molecule has 3 amide bonds. The van der Waals surface area contributed by atoms with Gasteiger partial charge in [-0.25, -0.2) is 9.97 Å². The summed E-state index contributed by atoms with van der Waals surface area (Å²) in [4.78, 5) is 62.2. The molecule has 4 rings (SSSR count). The van der Waals surface area contributed by atoms with Crippen LogP contribution in [0.3, 0.4) is 0 Å². The molecule has 0 aliphatic rings. The van der Waals surface area contributed by atoms with Crippen molar-refractivity contribution in [2.75, 3.05) is 26.9 Å². The number of hydrogen-bond donors (Lipinski definition) is 4. The maximum atomic E-state index is 13.7. The van der Waals surface area contributed by atoms with E-state index in [-0.39, 0.29) is 25.0 Å². The van der Waals surface area contributed by atoms with Gasteiger partial charge in [0.05, 0.1) is 24.5 Å². The second-order valence-corrected chi connectivity index (χ2v) is 15.5. The quantitative estimate of drug-likeness (QED) is 0.0684. The van der Waals surface area contributed by atoms with E-state index >= 15 is 0 Å². The Hall–Kier alpha value is -5.14. The Morgan fingerprint density at radius 2 is 1.45 bits per heavy atom. The first-order chi connectivity index (χ1) is 26.4. The third-order valence-corrected chi connectivity index (χ3v) is 10.3. The van der Waals surface area contributed by atoms with E-state index in [1.807, 2.05) is 75.4 Å². The van der Waals surface area contributed by atoms with Gasteiger partial charge in [0.15, 0.2) is 5.82 Å². The lowest BCUT2D eigenvalue weighted by Crippen LogP contribution is -2.55. The van der Waals surface area contributed by atoms with E-state index in [2.05, 4.69) is 32.8 Å². The van der Waals surface area contributed by atoms with Crippen LogP contribution in [0.25, 0.3) is 22.5 Å². The Kier molecular flexibility index (Phi) is 16.3. The van der Waals surface area contributed by atoms with Gasteiger partial charge in [-0.05, 0) is 47.2 Å². The van der Waals surface area contributed by atoms with Crippen molar-refractivity contribution in [3.63, 3.8) is 0 Å². The minimum absolute atomic E-state index is 0.0683. The number of carboxylic acids is 1. The molecule has 0 spiro atoms. The summed E-state index contributed by atoms with van der Waals surface area (Å²) in [6, 6.07) is 16.3. The molecule has 4 aromatic rings. The molecule has 0 saturated heterocycles. The van der Waals surface area contributed by atoms with Crippen molar-refractivity contribution in [1.29, 1.82) is 0 Å². The number of thiophene rings is 1. The Labute approximate surface area is 327 Å². The predicted molar refractivity (Wildman–Crippen MR) is 214 cm³/mol. The van der Waals surface area contributed by atoms with Crippen LogP contribution >= 0.6 is 11.3 Å². The van der Waals surface area contributed by atoms with Crippen molar-refractivity contribution >= 4 is 35.0 Å². The summed E-state index contributed by atoms with van der Waals surface area (Å²) >= 11 is 1.33. The highest BCUT2D eigenvalue weighted by atomic mass is 32.1. The maximum Gasteiger partial charge on any atom is 0.305 e. The van der Waals surface area contributed by atoms with E-state index in [1.54, 1.807) is 18.5 Å². The summed E-state index contributed by atoms with van der Waals surface area (Å²) in [5.41, 5.74) is 3.14. The van der Waals surface area contributed by atoms with Crippen molar-refractivity contribution in [3.05, 3.63) is 88.4 Å². The lowest BCUT2D eigenvalue weighted by molar-refractivity contribution is -0.140. The SMILES string of the molecule is CCCCCCCOc1ccc(-c2cnc(-c3ccc(C[C@H](NC(=O)c4ccc(C(C)(C)C)s4)C(=O)N[C@@H](CC(=O)O)C(=O)NCCOC)cc3)nc2)cc1. The number of carboxylic acid groups (broad SMARTS) is 1. The van der Waals surface area contributed by atoms with E-state index in [0.29, 0.717) is 22.9 Å². The molecule has 4 N–H and O–H groups in total. The van der Waals surface area contributed by atoms with Crippen molar-refractivity contribution < 1.29 is 33.8 Å². The average Bonchev–Trinajstić information content (AvgIpc) is 3.68. The van der Waals surface area contributed by atoms with Gasteiger partial charge >= 0.3 is 5.97 Å². The standard InChI is InChI=1S/C42H53N5O7S/c1-6-7-8-9-10-22-54-32-17-15-29(16-18-32)31-26-44-38(45-27-31)30-13-11-28(12-14-30)24-33(47-41(52)35-19-20-36(55-35)42(2,3)4)40(51)46-34(25-37(48)49)39(50)43-21-23-53-5/h11-20,26-27,33-34H,6-10,21-25H2,1-5H3,(H,43,50)(H,46,51)(H,47,52)(H,48,49)/t33-,34-/m0/s1. The number of amides is 3. The van der Waals surface area contributed by atoms with Crippen LogP contribution in [-0.4, -0.2) is 77.7 Å². The van der Waals surface area contributed by atoms with Crippen molar-refractivity contribution in [1.82, 2.24) is 25.9 Å². The van der Waals surface area contributed by atoms with Crippen LogP contribution in [0.5, 0.6) is 5.75 Å². The first-order valence-electron chi connectivity index (χ1n) is 18.7. The zero-order valence-corrected chi connectivity index (χ0v) is 33.2.